The van der Waals surface area contributed by atoms with Crippen molar-refractivity contribution in [3.8, 4) is 0 Å². The third-order valence-corrected chi connectivity index (χ3v) is 5.20. The number of rotatable bonds is 2. The Bertz CT molecular complexity index is 391. The number of fused-ring (bicyclic) bond motifs is 1. The van der Waals surface area contributed by atoms with Gasteiger partial charge in [-0.15, -0.1) is 0 Å². The maximum absolute atomic E-state index is 12.8. The van der Waals surface area contributed by atoms with Gasteiger partial charge in [0.25, 0.3) is 0 Å². The van der Waals surface area contributed by atoms with Crippen LogP contribution in [-0.2, 0) is 14.3 Å². The molecule has 3 atom stereocenters. The van der Waals surface area contributed by atoms with Gasteiger partial charge in [-0.1, -0.05) is 12.8 Å². The van der Waals surface area contributed by atoms with Gasteiger partial charge in [0.2, 0.25) is 5.91 Å². The first-order valence-electron chi connectivity index (χ1n) is 7.81. The number of likely N-dealkylation sites (tertiary alicyclic amines) is 1. The number of carboxylic acid groups (broad SMARTS) is 1. The van der Waals surface area contributed by atoms with E-state index < -0.39 is 12.0 Å². The average Bonchev–Trinajstić information content (AvgIpc) is 2.87. The van der Waals surface area contributed by atoms with Gasteiger partial charge in [-0.25, -0.2) is 4.79 Å². The Morgan fingerprint density at radius 3 is 2.45 bits per heavy atom. The summed E-state index contributed by atoms with van der Waals surface area (Å²) in [7, 11) is 0. The molecule has 20 heavy (non-hydrogen) atoms. The molecule has 0 unspecified atom stereocenters. The fourth-order valence-corrected chi connectivity index (χ4v) is 4.15. The monoisotopic (exact) mass is 281 g/mol. The van der Waals surface area contributed by atoms with E-state index in [4.69, 9.17) is 4.74 Å². The fraction of sp³-hybridized carbons (Fsp3) is 0.867. The van der Waals surface area contributed by atoms with E-state index in [0.29, 0.717) is 25.6 Å². The number of amides is 1. The van der Waals surface area contributed by atoms with E-state index in [1.165, 1.54) is 6.42 Å². The normalized spacial score (nSPS) is 34.8. The molecule has 0 spiro atoms. The van der Waals surface area contributed by atoms with Gasteiger partial charge in [0.1, 0.15) is 6.04 Å². The highest BCUT2D eigenvalue weighted by atomic mass is 16.5. The molecule has 3 fully saturated rings. The molecule has 0 aromatic carbocycles. The second kappa shape index (κ2) is 5.72. The molecular formula is C15H23NO4. The molecule has 5 heteroatoms. The Labute approximate surface area is 119 Å². The number of hydrogen-bond donors (Lipinski definition) is 1. The first kappa shape index (κ1) is 13.9. The van der Waals surface area contributed by atoms with Crippen LogP contribution in [0.5, 0.6) is 0 Å². The van der Waals surface area contributed by atoms with Crippen molar-refractivity contribution in [3.05, 3.63) is 0 Å². The van der Waals surface area contributed by atoms with E-state index in [2.05, 4.69) is 0 Å². The number of nitrogens with zero attached hydrogens (tertiary/aromatic N) is 1. The molecule has 112 valence electrons. The van der Waals surface area contributed by atoms with Crippen molar-refractivity contribution in [1.82, 2.24) is 4.90 Å². The lowest BCUT2D eigenvalue weighted by Gasteiger charge is -2.36. The molecule has 0 bridgehead atoms. The SMILES string of the molecule is O=C(O)[C@@H]1C[C@@H]2CCCC[C@@H]2N1C(=O)C1CCOCC1. The summed E-state index contributed by atoms with van der Waals surface area (Å²) < 4.78 is 5.31. The molecule has 0 aromatic rings. The first-order chi connectivity index (χ1) is 9.68. The zero-order valence-electron chi connectivity index (χ0n) is 11.8. The van der Waals surface area contributed by atoms with Gasteiger partial charge in [-0.05, 0) is 38.0 Å². The molecule has 5 nitrogen and oxygen atoms in total. The number of aliphatic carboxylic acids is 1. The van der Waals surface area contributed by atoms with Gasteiger partial charge < -0.3 is 14.7 Å². The highest BCUT2D eigenvalue weighted by molar-refractivity contribution is 5.86. The minimum atomic E-state index is -0.834. The Kier molecular flexibility index (Phi) is 3.96. The molecule has 1 aliphatic carbocycles. The van der Waals surface area contributed by atoms with Crippen LogP contribution in [-0.4, -0.2) is 47.2 Å². The molecular weight excluding hydrogens is 258 g/mol. The molecule has 2 saturated heterocycles. The lowest BCUT2D eigenvalue weighted by molar-refractivity contribution is -0.153. The van der Waals surface area contributed by atoms with E-state index in [-0.39, 0.29) is 17.9 Å². The molecule has 0 radical (unpaired) electrons. The molecule has 1 saturated carbocycles. The van der Waals surface area contributed by atoms with Crippen molar-refractivity contribution in [2.24, 2.45) is 11.8 Å². The highest BCUT2D eigenvalue weighted by Gasteiger charge is 2.48. The van der Waals surface area contributed by atoms with Crippen molar-refractivity contribution >= 4 is 11.9 Å². The molecule has 1 amide bonds. The number of ether oxygens (including phenoxy) is 1. The Hall–Kier alpha value is -1.10. The summed E-state index contributed by atoms with van der Waals surface area (Å²) in [4.78, 5) is 26.0. The second-order valence-corrected chi connectivity index (χ2v) is 6.33. The Morgan fingerprint density at radius 2 is 1.75 bits per heavy atom. The van der Waals surface area contributed by atoms with Gasteiger partial charge >= 0.3 is 5.97 Å². The highest BCUT2D eigenvalue weighted by Crippen LogP contribution is 2.41. The van der Waals surface area contributed by atoms with Crippen molar-refractivity contribution in [2.75, 3.05) is 13.2 Å². The summed E-state index contributed by atoms with van der Waals surface area (Å²) in [6, 6.07) is -0.432. The second-order valence-electron chi connectivity index (χ2n) is 6.33. The van der Waals surface area contributed by atoms with E-state index in [0.717, 1.165) is 32.1 Å². The van der Waals surface area contributed by atoms with Crippen LogP contribution in [0.1, 0.15) is 44.9 Å². The summed E-state index contributed by atoms with van der Waals surface area (Å²) in [5.74, 6) is -0.408. The lowest BCUT2D eigenvalue weighted by atomic mass is 9.84. The Balaban J connectivity index is 1.79. The summed E-state index contributed by atoms with van der Waals surface area (Å²) in [5.41, 5.74) is 0. The molecule has 1 N–H and O–H groups in total. The molecule has 3 aliphatic rings. The standard InChI is InChI=1S/C15H23NO4/c17-14(10-5-7-20-8-6-10)16-12-4-2-1-3-11(12)9-13(16)15(18)19/h10-13H,1-9H2,(H,18,19)/t11-,12-,13-/m0/s1. The summed E-state index contributed by atoms with van der Waals surface area (Å²) in [6.07, 6.45) is 6.46. The van der Waals surface area contributed by atoms with Gasteiger partial charge in [-0.3, -0.25) is 4.79 Å². The maximum atomic E-state index is 12.8. The predicted molar refractivity (Wildman–Crippen MR) is 72.2 cm³/mol. The zero-order valence-corrected chi connectivity index (χ0v) is 11.8. The van der Waals surface area contributed by atoms with Crippen molar-refractivity contribution < 1.29 is 19.4 Å². The average molecular weight is 281 g/mol. The molecule has 2 heterocycles. The van der Waals surface area contributed by atoms with Gasteiger partial charge in [0.15, 0.2) is 0 Å². The van der Waals surface area contributed by atoms with Crippen LogP contribution in [0.4, 0.5) is 0 Å². The number of hydrogen-bond acceptors (Lipinski definition) is 3. The van der Waals surface area contributed by atoms with Crippen molar-refractivity contribution in [3.63, 3.8) is 0 Å². The summed E-state index contributed by atoms with van der Waals surface area (Å²) in [6.45, 7) is 1.24. The molecule has 2 aliphatic heterocycles. The third-order valence-electron chi connectivity index (χ3n) is 5.20. The summed E-state index contributed by atoms with van der Waals surface area (Å²) >= 11 is 0. The number of carbonyl (C=O) groups is 2. The van der Waals surface area contributed by atoms with E-state index in [9.17, 15) is 14.7 Å². The van der Waals surface area contributed by atoms with Crippen LogP contribution in [0.25, 0.3) is 0 Å². The van der Waals surface area contributed by atoms with Crippen LogP contribution < -0.4 is 0 Å². The minimum Gasteiger partial charge on any atom is -0.480 e. The minimum absolute atomic E-state index is 0.0359. The van der Waals surface area contributed by atoms with Crippen LogP contribution in [0.2, 0.25) is 0 Å². The summed E-state index contributed by atoms with van der Waals surface area (Å²) in [5, 5.41) is 9.46. The van der Waals surface area contributed by atoms with Crippen LogP contribution in [0.3, 0.4) is 0 Å². The zero-order chi connectivity index (χ0) is 14.1. The fourth-order valence-electron chi connectivity index (χ4n) is 4.15. The topological polar surface area (TPSA) is 66.8 Å². The maximum Gasteiger partial charge on any atom is 0.326 e. The first-order valence-corrected chi connectivity index (χ1v) is 7.81. The predicted octanol–water partition coefficient (Wildman–Crippen LogP) is 1.66. The van der Waals surface area contributed by atoms with Crippen molar-refractivity contribution in [2.45, 2.75) is 57.0 Å². The van der Waals surface area contributed by atoms with Crippen LogP contribution in [0, 0.1) is 11.8 Å². The molecule has 0 aromatic heterocycles. The van der Waals surface area contributed by atoms with E-state index in [1.807, 2.05) is 0 Å². The molecule has 3 rings (SSSR count). The number of carboxylic acids is 1. The lowest BCUT2D eigenvalue weighted by Crippen LogP contribution is -2.49. The van der Waals surface area contributed by atoms with Crippen LogP contribution in [0.15, 0.2) is 0 Å². The smallest absolute Gasteiger partial charge is 0.326 e. The third kappa shape index (κ3) is 2.43. The Morgan fingerprint density at radius 1 is 1.05 bits per heavy atom. The van der Waals surface area contributed by atoms with E-state index in [1.54, 1.807) is 4.90 Å². The number of carbonyl (C=O) groups excluding carboxylic acids is 1. The van der Waals surface area contributed by atoms with Gasteiger partial charge in [-0.2, -0.15) is 0 Å². The van der Waals surface area contributed by atoms with Crippen LogP contribution >= 0.6 is 0 Å². The largest absolute Gasteiger partial charge is 0.480 e. The van der Waals surface area contributed by atoms with Gasteiger partial charge in [0.05, 0.1) is 0 Å². The quantitative estimate of drug-likeness (QED) is 0.836. The van der Waals surface area contributed by atoms with Crippen molar-refractivity contribution in [1.29, 1.82) is 0 Å². The van der Waals surface area contributed by atoms with Gasteiger partial charge in [0, 0.05) is 25.2 Å². The van der Waals surface area contributed by atoms with E-state index >= 15 is 0 Å².